The fourth-order valence-corrected chi connectivity index (χ4v) is 3.63. The van der Waals surface area contributed by atoms with Gasteiger partial charge >= 0.3 is 6.09 Å². The predicted molar refractivity (Wildman–Crippen MR) is 96.7 cm³/mol. The molecule has 0 aromatic carbocycles. The van der Waals surface area contributed by atoms with Crippen LogP contribution in [0, 0.1) is 5.92 Å². The minimum Gasteiger partial charge on any atom is -0.444 e. The summed E-state index contributed by atoms with van der Waals surface area (Å²) < 4.78 is 5.46. The molecule has 134 valence electrons. The molecule has 1 amide bonds. The van der Waals surface area contributed by atoms with Gasteiger partial charge in [0.05, 0.1) is 11.4 Å². The maximum Gasteiger partial charge on any atom is 0.410 e. The topological polar surface area (TPSA) is 49.9 Å². The Bertz CT molecular complexity index is 551. The van der Waals surface area contributed by atoms with E-state index in [2.05, 4.69) is 4.90 Å². The summed E-state index contributed by atoms with van der Waals surface area (Å²) in [5, 5.41) is 1.92. The number of hydrogen-bond donors (Lipinski definition) is 0. The Morgan fingerprint density at radius 1 is 1.42 bits per heavy atom. The zero-order valence-electron chi connectivity index (χ0n) is 15.1. The molecule has 1 aliphatic heterocycles. The molecule has 2 rings (SSSR count). The minimum atomic E-state index is -0.464. The van der Waals surface area contributed by atoms with Crippen molar-refractivity contribution in [2.45, 2.75) is 39.2 Å². The minimum absolute atomic E-state index is 0.160. The van der Waals surface area contributed by atoms with Gasteiger partial charge in [0, 0.05) is 19.6 Å². The maximum atomic E-state index is 12.2. The molecular weight excluding hydrogens is 324 g/mol. The molecule has 5 nitrogen and oxygen atoms in total. The Balaban J connectivity index is 1.81. The number of piperidine rings is 1. The van der Waals surface area contributed by atoms with Gasteiger partial charge in [-0.2, -0.15) is 0 Å². The third-order valence-corrected chi connectivity index (χ3v) is 4.86. The molecule has 0 N–H and O–H groups in total. The molecule has 1 aromatic rings. The van der Waals surface area contributed by atoms with Crippen LogP contribution in [0.1, 0.15) is 43.3 Å². The number of carbonyl (C=O) groups excluding carboxylic acids is 2. The van der Waals surface area contributed by atoms with E-state index in [-0.39, 0.29) is 11.9 Å². The van der Waals surface area contributed by atoms with Gasteiger partial charge in [-0.1, -0.05) is 6.07 Å². The molecule has 0 saturated carbocycles. The molecular formula is C18H28N2O3S. The molecule has 1 saturated heterocycles. The number of amides is 1. The lowest BCUT2D eigenvalue weighted by Crippen LogP contribution is -2.45. The molecule has 1 aromatic heterocycles. The van der Waals surface area contributed by atoms with E-state index in [9.17, 15) is 9.59 Å². The summed E-state index contributed by atoms with van der Waals surface area (Å²) in [5.74, 6) is 0.541. The first kappa shape index (κ1) is 18.9. The van der Waals surface area contributed by atoms with Gasteiger partial charge in [-0.05, 0) is 58.0 Å². The van der Waals surface area contributed by atoms with Crippen LogP contribution in [0.2, 0.25) is 0 Å². The first-order valence-corrected chi connectivity index (χ1v) is 9.36. The Morgan fingerprint density at radius 3 is 2.79 bits per heavy atom. The standard InChI is InChI=1S/C18H28N2O3S/c1-18(2,3)23-17(22)20-9-5-7-14(12-20)11-19(4)13-15(21)16-8-6-10-24-16/h6,8,10,14H,5,7,9,11-13H2,1-4H3. The second-order valence-electron chi connectivity index (χ2n) is 7.53. The smallest absolute Gasteiger partial charge is 0.410 e. The number of ether oxygens (including phenoxy) is 1. The van der Waals surface area contributed by atoms with Crippen molar-refractivity contribution in [3.63, 3.8) is 0 Å². The molecule has 0 aliphatic carbocycles. The molecule has 1 fully saturated rings. The Hall–Kier alpha value is -1.40. The van der Waals surface area contributed by atoms with Gasteiger partial charge in [-0.3, -0.25) is 9.69 Å². The number of ketones is 1. The van der Waals surface area contributed by atoms with Crippen molar-refractivity contribution in [1.82, 2.24) is 9.80 Å². The summed E-state index contributed by atoms with van der Waals surface area (Å²) in [4.78, 5) is 29.1. The number of likely N-dealkylation sites (tertiary alicyclic amines) is 1. The summed E-state index contributed by atoms with van der Waals surface area (Å²) >= 11 is 1.48. The number of rotatable bonds is 5. The molecule has 1 aliphatic rings. The zero-order valence-corrected chi connectivity index (χ0v) is 15.9. The van der Waals surface area contributed by atoms with Crippen molar-refractivity contribution >= 4 is 23.2 Å². The first-order valence-electron chi connectivity index (χ1n) is 8.48. The van der Waals surface area contributed by atoms with E-state index in [0.717, 1.165) is 30.8 Å². The van der Waals surface area contributed by atoms with E-state index in [1.165, 1.54) is 11.3 Å². The number of Topliss-reactive ketones (excluding diaryl/α,β-unsaturated/α-hetero) is 1. The molecule has 1 unspecified atom stereocenters. The van der Waals surface area contributed by atoms with Crippen molar-refractivity contribution in [3.05, 3.63) is 22.4 Å². The van der Waals surface area contributed by atoms with E-state index in [1.54, 1.807) is 4.90 Å². The van der Waals surface area contributed by atoms with Crippen LogP contribution in [0.5, 0.6) is 0 Å². The normalized spacial score (nSPS) is 18.7. The molecule has 0 spiro atoms. The molecule has 0 radical (unpaired) electrons. The summed E-state index contributed by atoms with van der Waals surface area (Å²) in [5.41, 5.74) is -0.464. The first-order chi connectivity index (χ1) is 11.2. The van der Waals surface area contributed by atoms with E-state index in [1.807, 2.05) is 45.3 Å². The Morgan fingerprint density at radius 2 is 2.17 bits per heavy atom. The van der Waals surface area contributed by atoms with Crippen LogP contribution in [0.4, 0.5) is 4.79 Å². The van der Waals surface area contributed by atoms with Gasteiger partial charge in [0.2, 0.25) is 0 Å². The quantitative estimate of drug-likeness (QED) is 0.761. The fraction of sp³-hybridized carbons (Fsp3) is 0.667. The van der Waals surface area contributed by atoms with Gasteiger partial charge in [0.25, 0.3) is 0 Å². The fourth-order valence-electron chi connectivity index (χ4n) is 2.97. The molecule has 2 heterocycles. The highest BCUT2D eigenvalue weighted by Crippen LogP contribution is 2.20. The van der Waals surface area contributed by atoms with Crippen molar-refractivity contribution in [1.29, 1.82) is 0 Å². The Labute approximate surface area is 148 Å². The lowest BCUT2D eigenvalue weighted by Gasteiger charge is -2.35. The SMILES string of the molecule is CN(CC(=O)c1cccs1)CC1CCCN(C(=O)OC(C)(C)C)C1. The second-order valence-corrected chi connectivity index (χ2v) is 8.48. The average molecular weight is 353 g/mol. The van der Waals surface area contributed by atoms with Crippen molar-refractivity contribution in [2.24, 2.45) is 5.92 Å². The van der Waals surface area contributed by atoms with Gasteiger partial charge in [0.1, 0.15) is 5.60 Å². The van der Waals surface area contributed by atoms with Gasteiger partial charge in [-0.15, -0.1) is 11.3 Å². The van der Waals surface area contributed by atoms with Crippen molar-refractivity contribution < 1.29 is 14.3 Å². The summed E-state index contributed by atoms with van der Waals surface area (Å²) in [7, 11) is 1.97. The van der Waals surface area contributed by atoms with Gasteiger partial charge in [-0.25, -0.2) is 4.79 Å². The summed E-state index contributed by atoms with van der Waals surface area (Å²) in [6, 6.07) is 3.77. The van der Waals surface area contributed by atoms with Crippen LogP contribution < -0.4 is 0 Å². The zero-order chi connectivity index (χ0) is 17.7. The molecule has 1 atom stereocenters. The van der Waals surface area contributed by atoms with Crippen LogP contribution in [-0.4, -0.2) is 60.5 Å². The van der Waals surface area contributed by atoms with Crippen molar-refractivity contribution in [3.8, 4) is 0 Å². The summed E-state index contributed by atoms with van der Waals surface area (Å²) in [6.07, 6.45) is 1.83. The van der Waals surface area contributed by atoms with E-state index < -0.39 is 5.60 Å². The lowest BCUT2D eigenvalue weighted by molar-refractivity contribution is 0.0149. The average Bonchev–Trinajstić information content (AvgIpc) is 2.99. The number of hydrogen-bond acceptors (Lipinski definition) is 5. The van der Waals surface area contributed by atoms with Crippen LogP contribution in [0.3, 0.4) is 0 Å². The monoisotopic (exact) mass is 352 g/mol. The van der Waals surface area contributed by atoms with Crippen LogP contribution in [0.15, 0.2) is 17.5 Å². The third-order valence-electron chi connectivity index (χ3n) is 3.95. The van der Waals surface area contributed by atoms with Crippen LogP contribution >= 0.6 is 11.3 Å². The molecule has 24 heavy (non-hydrogen) atoms. The number of carbonyl (C=O) groups is 2. The van der Waals surface area contributed by atoms with Crippen LogP contribution in [-0.2, 0) is 4.74 Å². The lowest BCUT2D eigenvalue weighted by atomic mass is 9.97. The van der Waals surface area contributed by atoms with E-state index >= 15 is 0 Å². The molecule has 6 heteroatoms. The maximum absolute atomic E-state index is 12.2. The highest BCUT2D eigenvalue weighted by molar-refractivity contribution is 7.12. The van der Waals surface area contributed by atoms with E-state index in [0.29, 0.717) is 19.0 Å². The highest BCUT2D eigenvalue weighted by Gasteiger charge is 2.28. The molecule has 0 bridgehead atoms. The second kappa shape index (κ2) is 8.12. The summed E-state index contributed by atoms with van der Waals surface area (Å²) in [6.45, 7) is 8.35. The van der Waals surface area contributed by atoms with E-state index in [4.69, 9.17) is 4.74 Å². The number of nitrogens with zero attached hydrogens (tertiary/aromatic N) is 2. The Kier molecular flexibility index (Phi) is 6.40. The largest absolute Gasteiger partial charge is 0.444 e. The van der Waals surface area contributed by atoms with Crippen molar-refractivity contribution in [2.75, 3.05) is 33.2 Å². The number of thiophene rings is 1. The number of likely N-dealkylation sites (N-methyl/N-ethyl adjacent to an activating group) is 1. The third kappa shape index (κ3) is 5.91. The van der Waals surface area contributed by atoms with Crippen LogP contribution in [0.25, 0.3) is 0 Å². The predicted octanol–water partition coefficient (Wildman–Crippen LogP) is 3.51. The highest BCUT2D eigenvalue weighted by atomic mass is 32.1. The van der Waals surface area contributed by atoms with Gasteiger partial charge in [0.15, 0.2) is 5.78 Å². The van der Waals surface area contributed by atoms with Gasteiger partial charge < -0.3 is 9.64 Å².